The van der Waals surface area contributed by atoms with Crippen LogP contribution in [0.1, 0.15) is 31.0 Å². The first-order chi connectivity index (χ1) is 9.88. The fraction of sp³-hybridized carbons (Fsp3) is 0.294. The van der Waals surface area contributed by atoms with Gasteiger partial charge in [-0.05, 0) is 35.1 Å². The van der Waals surface area contributed by atoms with E-state index in [2.05, 4.69) is 43.4 Å². The standard InChI is InChI=1S/C17H16Cl3N/c1-17(2)9-10-5-3-4-6-11(10)16(17)21-15-8-13(19)12(18)7-14(15)20/h3-8,16,21H,9H2,1-2H3. The molecule has 0 saturated carbocycles. The average molecular weight is 341 g/mol. The predicted octanol–water partition coefficient (Wildman–Crippen LogP) is 6.38. The number of anilines is 1. The van der Waals surface area contributed by atoms with Crippen LogP contribution in [0, 0.1) is 5.41 Å². The third kappa shape index (κ3) is 2.75. The molecule has 0 bridgehead atoms. The van der Waals surface area contributed by atoms with Crippen LogP contribution in [-0.4, -0.2) is 0 Å². The first-order valence-electron chi connectivity index (χ1n) is 6.87. The van der Waals surface area contributed by atoms with Crippen molar-refractivity contribution in [1.82, 2.24) is 0 Å². The number of nitrogens with one attached hydrogen (secondary N) is 1. The van der Waals surface area contributed by atoms with Crippen molar-refractivity contribution in [2.75, 3.05) is 5.32 Å². The third-order valence-electron chi connectivity index (χ3n) is 4.10. The number of fused-ring (bicyclic) bond motifs is 1. The summed E-state index contributed by atoms with van der Waals surface area (Å²) in [5.74, 6) is 0. The van der Waals surface area contributed by atoms with E-state index in [0.29, 0.717) is 15.1 Å². The second kappa shape index (κ2) is 5.39. The molecule has 0 spiro atoms. The maximum absolute atomic E-state index is 6.29. The van der Waals surface area contributed by atoms with E-state index in [1.807, 2.05) is 0 Å². The third-order valence-corrected chi connectivity index (χ3v) is 5.14. The van der Waals surface area contributed by atoms with Crippen molar-refractivity contribution in [1.29, 1.82) is 0 Å². The van der Waals surface area contributed by atoms with Crippen molar-refractivity contribution in [3.63, 3.8) is 0 Å². The van der Waals surface area contributed by atoms with Gasteiger partial charge in [0.25, 0.3) is 0 Å². The van der Waals surface area contributed by atoms with Gasteiger partial charge >= 0.3 is 0 Å². The summed E-state index contributed by atoms with van der Waals surface area (Å²) >= 11 is 18.4. The molecule has 0 aliphatic heterocycles. The Morgan fingerprint density at radius 2 is 1.67 bits per heavy atom. The highest BCUT2D eigenvalue weighted by atomic mass is 35.5. The molecule has 110 valence electrons. The molecule has 2 aromatic carbocycles. The summed E-state index contributed by atoms with van der Waals surface area (Å²) in [4.78, 5) is 0. The summed E-state index contributed by atoms with van der Waals surface area (Å²) < 4.78 is 0. The molecule has 0 saturated heterocycles. The first kappa shape index (κ1) is 15.0. The second-order valence-electron chi connectivity index (χ2n) is 6.19. The van der Waals surface area contributed by atoms with Gasteiger partial charge in [-0.3, -0.25) is 0 Å². The molecule has 1 unspecified atom stereocenters. The van der Waals surface area contributed by atoms with Gasteiger partial charge in [0.1, 0.15) is 0 Å². The summed E-state index contributed by atoms with van der Waals surface area (Å²) in [6, 6.07) is 12.2. The van der Waals surface area contributed by atoms with Crippen molar-refractivity contribution in [3.05, 3.63) is 62.6 Å². The van der Waals surface area contributed by atoms with Gasteiger partial charge in [0, 0.05) is 0 Å². The zero-order valence-electron chi connectivity index (χ0n) is 11.9. The van der Waals surface area contributed by atoms with Gasteiger partial charge in [-0.25, -0.2) is 0 Å². The van der Waals surface area contributed by atoms with Crippen LogP contribution in [0.4, 0.5) is 5.69 Å². The van der Waals surface area contributed by atoms with Gasteiger partial charge in [-0.1, -0.05) is 72.9 Å². The quantitative estimate of drug-likeness (QED) is 0.625. The molecule has 1 atom stereocenters. The molecule has 1 aliphatic rings. The van der Waals surface area contributed by atoms with Gasteiger partial charge in [0.15, 0.2) is 0 Å². The summed E-state index contributed by atoms with van der Waals surface area (Å²) in [6.45, 7) is 4.52. The second-order valence-corrected chi connectivity index (χ2v) is 7.41. The summed E-state index contributed by atoms with van der Waals surface area (Å²) in [6.07, 6.45) is 1.04. The largest absolute Gasteiger partial charge is 0.376 e. The van der Waals surface area contributed by atoms with E-state index in [1.165, 1.54) is 11.1 Å². The molecule has 0 heterocycles. The van der Waals surface area contributed by atoms with E-state index in [1.54, 1.807) is 12.1 Å². The smallest absolute Gasteiger partial charge is 0.0653 e. The van der Waals surface area contributed by atoms with E-state index in [4.69, 9.17) is 34.8 Å². The van der Waals surface area contributed by atoms with E-state index >= 15 is 0 Å². The first-order valence-corrected chi connectivity index (χ1v) is 8.01. The summed E-state index contributed by atoms with van der Waals surface area (Å²) in [7, 11) is 0. The van der Waals surface area contributed by atoms with E-state index in [0.717, 1.165) is 12.1 Å². The summed E-state index contributed by atoms with van der Waals surface area (Å²) in [5, 5.41) is 5.11. The average Bonchev–Trinajstić information content (AvgIpc) is 2.67. The minimum atomic E-state index is 0.110. The molecular weight excluding hydrogens is 325 g/mol. The van der Waals surface area contributed by atoms with Crippen LogP contribution in [0.15, 0.2) is 36.4 Å². The van der Waals surface area contributed by atoms with E-state index < -0.39 is 0 Å². The Balaban J connectivity index is 1.99. The minimum absolute atomic E-state index is 0.110. The predicted molar refractivity (Wildman–Crippen MR) is 91.8 cm³/mol. The van der Waals surface area contributed by atoms with Crippen LogP contribution in [0.5, 0.6) is 0 Å². The Kier molecular flexibility index (Phi) is 3.85. The van der Waals surface area contributed by atoms with Gasteiger partial charge in [-0.2, -0.15) is 0 Å². The monoisotopic (exact) mass is 339 g/mol. The van der Waals surface area contributed by atoms with Crippen molar-refractivity contribution in [2.45, 2.75) is 26.3 Å². The van der Waals surface area contributed by atoms with Gasteiger partial charge in [-0.15, -0.1) is 0 Å². The molecular formula is C17H16Cl3N. The maximum atomic E-state index is 6.29. The van der Waals surface area contributed by atoms with Crippen LogP contribution in [0.3, 0.4) is 0 Å². The molecule has 2 aromatic rings. The number of halogens is 3. The fourth-order valence-corrected chi connectivity index (χ4v) is 3.65. The number of hydrogen-bond acceptors (Lipinski definition) is 1. The molecule has 0 radical (unpaired) electrons. The van der Waals surface area contributed by atoms with Crippen LogP contribution in [-0.2, 0) is 6.42 Å². The van der Waals surface area contributed by atoms with Crippen molar-refractivity contribution < 1.29 is 0 Å². The zero-order chi connectivity index (χ0) is 15.2. The molecule has 3 rings (SSSR count). The molecule has 1 N–H and O–H groups in total. The Labute approximate surface area is 140 Å². The minimum Gasteiger partial charge on any atom is -0.376 e. The van der Waals surface area contributed by atoms with Gasteiger partial charge in [0.05, 0.1) is 26.8 Å². The zero-order valence-corrected chi connectivity index (χ0v) is 14.2. The van der Waals surface area contributed by atoms with Crippen LogP contribution < -0.4 is 5.32 Å². The topological polar surface area (TPSA) is 12.0 Å². The fourth-order valence-electron chi connectivity index (χ4n) is 3.05. The Morgan fingerprint density at radius 1 is 1.00 bits per heavy atom. The highest BCUT2D eigenvalue weighted by molar-refractivity contribution is 6.44. The summed E-state index contributed by atoms with van der Waals surface area (Å²) in [5.41, 5.74) is 3.64. The highest BCUT2D eigenvalue weighted by Gasteiger charge is 2.38. The Morgan fingerprint density at radius 3 is 2.43 bits per heavy atom. The molecule has 0 amide bonds. The Hall–Kier alpha value is -0.890. The van der Waals surface area contributed by atoms with Crippen LogP contribution in [0.2, 0.25) is 15.1 Å². The Bertz CT molecular complexity index is 694. The SMILES string of the molecule is CC1(C)Cc2ccccc2C1Nc1cc(Cl)c(Cl)cc1Cl. The normalized spacial score (nSPS) is 19.4. The number of rotatable bonds is 2. The lowest BCUT2D eigenvalue weighted by Gasteiger charge is -2.30. The molecule has 0 fully saturated rings. The molecule has 1 aliphatic carbocycles. The van der Waals surface area contributed by atoms with Gasteiger partial charge < -0.3 is 5.32 Å². The molecule has 21 heavy (non-hydrogen) atoms. The van der Waals surface area contributed by atoms with Crippen LogP contribution in [0.25, 0.3) is 0 Å². The van der Waals surface area contributed by atoms with Gasteiger partial charge in [0.2, 0.25) is 0 Å². The molecule has 1 nitrogen and oxygen atoms in total. The van der Waals surface area contributed by atoms with Crippen LogP contribution >= 0.6 is 34.8 Å². The lowest BCUT2D eigenvalue weighted by Crippen LogP contribution is -2.24. The molecule has 4 heteroatoms. The number of hydrogen-bond donors (Lipinski definition) is 1. The highest BCUT2D eigenvalue weighted by Crippen LogP contribution is 2.47. The van der Waals surface area contributed by atoms with E-state index in [-0.39, 0.29) is 11.5 Å². The van der Waals surface area contributed by atoms with Crippen molar-refractivity contribution >= 4 is 40.5 Å². The lowest BCUT2D eigenvalue weighted by atomic mass is 9.85. The lowest BCUT2D eigenvalue weighted by molar-refractivity contribution is 0.337. The molecule has 0 aromatic heterocycles. The maximum Gasteiger partial charge on any atom is 0.0653 e. The van der Waals surface area contributed by atoms with E-state index in [9.17, 15) is 0 Å². The number of benzene rings is 2. The van der Waals surface area contributed by atoms with Crippen molar-refractivity contribution in [3.8, 4) is 0 Å². The van der Waals surface area contributed by atoms with Crippen molar-refractivity contribution in [2.24, 2.45) is 5.41 Å².